The third kappa shape index (κ3) is 3.42. The number of rotatable bonds is 4. The Bertz CT molecular complexity index is 778. The van der Waals surface area contributed by atoms with E-state index in [1.807, 2.05) is 5.38 Å². The van der Waals surface area contributed by atoms with E-state index >= 15 is 0 Å². The zero-order valence-electron chi connectivity index (χ0n) is 10.8. The van der Waals surface area contributed by atoms with Crippen LogP contribution in [0.3, 0.4) is 0 Å². The quantitative estimate of drug-likeness (QED) is 0.807. The highest BCUT2D eigenvalue weighted by Gasteiger charge is 2.26. The lowest BCUT2D eigenvalue weighted by atomic mass is 10.3. The molecule has 0 amide bonds. The predicted molar refractivity (Wildman–Crippen MR) is 81.4 cm³/mol. The molecule has 1 aromatic carbocycles. The summed E-state index contributed by atoms with van der Waals surface area (Å²) in [6, 6.07) is 3.03. The van der Waals surface area contributed by atoms with E-state index in [-0.39, 0.29) is 6.54 Å². The van der Waals surface area contributed by atoms with Gasteiger partial charge in [0, 0.05) is 34.4 Å². The Kier molecular flexibility index (Phi) is 4.66. The van der Waals surface area contributed by atoms with E-state index in [1.165, 1.54) is 18.4 Å². The lowest BCUT2D eigenvalue weighted by molar-refractivity contribution is 0.461. The molecular formula is C12H11BrF2N2O2S2. The average Bonchev–Trinajstić information content (AvgIpc) is 2.79. The third-order valence-electron chi connectivity index (χ3n) is 2.74. The number of halogens is 3. The molecular weight excluding hydrogens is 386 g/mol. The molecule has 4 nitrogen and oxygen atoms in total. The van der Waals surface area contributed by atoms with Crippen LogP contribution in [0.5, 0.6) is 0 Å². The number of thiophene rings is 1. The molecule has 0 unspecified atom stereocenters. The second-order valence-corrected chi connectivity index (χ2v) is 8.22. The first-order chi connectivity index (χ1) is 9.71. The summed E-state index contributed by atoms with van der Waals surface area (Å²) in [6.07, 6.45) is 0. The van der Waals surface area contributed by atoms with E-state index in [0.29, 0.717) is 6.07 Å². The summed E-state index contributed by atoms with van der Waals surface area (Å²) in [5.74, 6) is -2.16. The van der Waals surface area contributed by atoms with Crippen molar-refractivity contribution >= 4 is 43.0 Å². The van der Waals surface area contributed by atoms with Crippen LogP contribution in [0, 0.1) is 11.6 Å². The van der Waals surface area contributed by atoms with E-state index in [4.69, 9.17) is 5.73 Å². The Balaban J connectivity index is 2.35. The van der Waals surface area contributed by atoms with Crippen LogP contribution < -0.4 is 5.73 Å². The maximum atomic E-state index is 13.7. The van der Waals surface area contributed by atoms with Gasteiger partial charge in [-0.1, -0.05) is 0 Å². The van der Waals surface area contributed by atoms with Gasteiger partial charge < -0.3 is 5.73 Å². The molecule has 0 atom stereocenters. The fourth-order valence-corrected chi connectivity index (χ4v) is 4.46. The molecule has 9 heteroatoms. The summed E-state index contributed by atoms with van der Waals surface area (Å²) >= 11 is 4.64. The molecule has 0 bridgehead atoms. The normalized spacial score (nSPS) is 12.0. The smallest absolute Gasteiger partial charge is 0.246 e. The number of hydrogen-bond acceptors (Lipinski definition) is 4. The van der Waals surface area contributed by atoms with Crippen molar-refractivity contribution in [3.8, 4) is 0 Å². The Hall–Kier alpha value is -1.03. The van der Waals surface area contributed by atoms with Crippen LogP contribution in [0.25, 0.3) is 0 Å². The topological polar surface area (TPSA) is 63.4 Å². The molecule has 0 saturated carbocycles. The third-order valence-corrected chi connectivity index (χ3v) is 6.24. The summed E-state index contributed by atoms with van der Waals surface area (Å²) in [6.45, 7) is 0.0787. The molecule has 0 spiro atoms. The van der Waals surface area contributed by atoms with Crippen LogP contribution in [0.1, 0.15) is 4.88 Å². The SMILES string of the molecule is CN(Cc1cc(Br)cs1)S(=O)(=O)c1cc(N)c(F)cc1F. The van der Waals surface area contributed by atoms with Crippen molar-refractivity contribution in [2.45, 2.75) is 11.4 Å². The van der Waals surface area contributed by atoms with Gasteiger partial charge in [-0.15, -0.1) is 11.3 Å². The largest absolute Gasteiger partial charge is 0.396 e. The van der Waals surface area contributed by atoms with E-state index in [2.05, 4.69) is 15.9 Å². The van der Waals surface area contributed by atoms with Gasteiger partial charge in [0.25, 0.3) is 0 Å². The predicted octanol–water partition coefficient (Wildman–Crippen LogP) is 3.19. The summed E-state index contributed by atoms with van der Waals surface area (Å²) in [4.78, 5) is 0.142. The molecule has 0 radical (unpaired) electrons. The van der Waals surface area contributed by atoms with Gasteiger partial charge in [0.05, 0.1) is 5.69 Å². The Morgan fingerprint density at radius 2 is 1.95 bits per heavy atom. The van der Waals surface area contributed by atoms with Crippen molar-refractivity contribution < 1.29 is 17.2 Å². The average molecular weight is 397 g/mol. The fraction of sp³-hybridized carbons (Fsp3) is 0.167. The highest BCUT2D eigenvalue weighted by atomic mass is 79.9. The minimum Gasteiger partial charge on any atom is -0.396 e. The van der Waals surface area contributed by atoms with Gasteiger partial charge in [-0.25, -0.2) is 17.2 Å². The van der Waals surface area contributed by atoms with Crippen molar-refractivity contribution in [3.63, 3.8) is 0 Å². The monoisotopic (exact) mass is 396 g/mol. The van der Waals surface area contributed by atoms with E-state index in [1.54, 1.807) is 6.07 Å². The van der Waals surface area contributed by atoms with Crippen molar-refractivity contribution in [1.29, 1.82) is 0 Å². The number of hydrogen-bond donors (Lipinski definition) is 1. The molecule has 0 aliphatic rings. The van der Waals surface area contributed by atoms with Crippen LogP contribution in [0.4, 0.5) is 14.5 Å². The maximum absolute atomic E-state index is 13.7. The molecule has 2 aromatic rings. The summed E-state index contributed by atoms with van der Waals surface area (Å²) < 4.78 is 53.3. The van der Waals surface area contributed by atoms with Gasteiger partial charge in [-0.3, -0.25) is 0 Å². The number of anilines is 1. The van der Waals surface area contributed by atoms with Gasteiger partial charge >= 0.3 is 0 Å². The Morgan fingerprint density at radius 3 is 2.52 bits per heavy atom. The summed E-state index contributed by atoms with van der Waals surface area (Å²) in [5.41, 5.74) is 4.90. The first-order valence-corrected chi connectivity index (χ1v) is 8.77. The molecule has 2 N–H and O–H groups in total. The number of sulfonamides is 1. The standard InChI is InChI=1S/C12H11BrF2N2O2S2/c1-17(5-8-2-7(13)6-20-8)21(18,19)12-4-11(16)9(14)3-10(12)15/h2-4,6H,5,16H2,1H3. The Labute approximate surface area is 133 Å². The lowest BCUT2D eigenvalue weighted by Crippen LogP contribution is -2.27. The van der Waals surface area contributed by atoms with Crippen LogP contribution in [-0.2, 0) is 16.6 Å². The molecule has 0 aliphatic heterocycles. The highest BCUT2D eigenvalue weighted by Crippen LogP contribution is 2.26. The molecule has 0 fully saturated rings. The lowest BCUT2D eigenvalue weighted by Gasteiger charge is -2.17. The Morgan fingerprint density at radius 1 is 1.29 bits per heavy atom. The zero-order valence-corrected chi connectivity index (χ0v) is 14.0. The molecule has 1 aromatic heterocycles. The fourth-order valence-electron chi connectivity index (χ4n) is 1.65. The van der Waals surface area contributed by atoms with Gasteiger partial charge in [0.1, 0.15) is 16.5 Å². The molecule has 0 aliphatic carbocycles. The van der Waals surface area contributed by atoms with Crippen molar-refractivity contribution in [3.05, 3.63) is 44.6 Å². The second-order valence-electron chi connectivity index (χ2n) is 4.30. The summed E-state index contributed by atoms with van der Waals surface area (Å²) in [7, 11) is -2.77. The van der Waals surface area contributed by atoms with Gasteiger partial charge in [-0.05, 0) is 28.1 Å². The number of benzene rings is 1. The van der Waals surface area contributed by atoms with Crippen LogP contribution >= 0.6 is 27.3 Å². The van der Waals surface area contributed by atoms with Gasteiger partial charge in [-0.2, -0.15) is 4.31 Å². The molecule has 2 rings (SSSR count). The van der Waals surface area contributed by atoms with Gasteiger partial charge in [0.2, 0.25) is 10.0 Å². The minimum absolute atomic E-state index is 0.0787. The first kappa shape index (κ1) is 16.3. The number of nitrogens with zero attached hydrogens (tertiary/aromatic N) is 1. The van der Waals surface area contributed by atoms with E-state index in [0.717, 1.165) is 19.7 Å². The molecule has 114 valence electrons. The molecule has 0 saturated heterocycles. The summed E-state index contributed by atoms with van der Waals surface area (Å²) in [5, 5.41) is 1.81. The van der Waals surface area contributed by atoms with Crippen LogP contribution in [-0.4, -0.2) is 19.8 Å². The van der Waals surface area contributed by atoms with Crippen molar-refractivity contribution in [1.82, 2.24) is 4.31 Å². The molecule has 1 heterocycles. The van der Waals surface area contributed by atoms with Crippen LogP contribution in [0.15, 0.2) is 32.9 Å². The van der Waals surface area contributed by atoms with Crippen molar-refractivity contribution in [2.24, 2.45) is 0 Å². The highest BCUT2D eigenvalue weighted by molar-refractivity contribution is 9.10. The maximum Gasteiger partial charge on any atom is 0.246 e. The number of nitrogen functional groups attached to an aromatic ring is 1. The minimum atomic E-state index is -4.09. The van der Waals surface area contributed by atoms with Crippen molar-refractivity contribution in [2.75, 3.05) is 12.8 Å². The zero-order chi connectivity index (χ0) is 15.8. The van der Waals surface area contributed by atoms with Crippen LogP contribution in [0.2, 0.25) is 0 Å². The number of nitrogens with two attached hydrogens (primary N) is 1. The van der Waals surface area contributed by atoms with Gasteiger partial charge in [0.15, 0.2) is 0 Å². The first-order valence-electron chi connectivity index (χ1n) is 5.65. The molecule has 21 heavy (non-hydrogen) atoms. The van der Waals surface area contributed by atoms with E-state index in [9.17, 15) is 17.2 Å². The second kappa shape index (κ2) is 5.99. The van der Waals surface area contributed by atoms with E-state index < -0.39 is 32.2 Å².